The highest BCUT2D eigenvalue weighted by Crippen LogP contribution is 2.50. The van der Waals surface area contributed by atoms with E-state index in [0.29, 0.717) is 5.56 Å². The summed E-state index contributed by atoms with van der Waals surface area (Å²) in [7, 11) is 1.22. The van der Waals surface area contributed by atoms with Gasteiger partial charge in [0.15, 0.2) is 0 Å². The molecule has 1 heterocycles. The number of carbonyl (C=O) groups is 3. The number of benzene rings is 2. The first kappa shape index (κ1) is 22.8. The van der Waals surface area contributed by atoms with Gasteiger partial charge in [-0.3, -0.25) is 9.59 Å². The molecule has 0 spiro atoms. The number of rotatable bonds is 5. The number of aliphatic hydroxyl groups is 1. The zero-order valence-corrected chi connectivity index (χ0v) is 18.2. The van der Waals surface area contributed by atoms with Crippen LogP contribution in [0.5, 0.6) is 0 Å². The molecule has 2 aromatic carbocycles. The van der Waals surface area contributed by atoms with E-state index in [9.17, 15) is 28.3 Å². The number of esters is 1. The number of hydrogen-bond acceptors (Lipinski definition) is 5. The van der Waals surface area contributed by atoms with Crippen LogP contribution in [0.2, 0.25) is 0 Å². The lowest BCUT2D eigenvalue weighted by molar-refractivity contribution is -0.150. The molecule has 1 saturated heterocycles. The standard InChI is InChI=1S/C24H24F2N2O5/c1-23(13-29)10-19(22(32)33-2)28(12-23)20(30)11-27-21(31)14-7-8-18-16(9-14)15-5-3-4-6-17(15)24(18,25)26/h3-9,19,29H,10-13H2,1-2H3,(H,27,31)/t19-,23-/m0/s1. The third-order valence-corrected chi connectivity index (χ3v) is 6.37. The van der Waals surface area contributed by atoms with Crippen LogP contribution in [0.1, 0.15) is 34.8 Å². The number of nitrogens with zero attached hydrogens (tertiary/aromatic N) is 1. The van der Waals surface area contributed by atoms with E-state index < -0.39 is 41.7 Å². The van der Waals surface area contributed by atoms with Crippen molar-refractivity contribution < 1.29 is 33.0 Å². The van der Waals surface area contributed by atoms with Gasteiger partial charge in [-0.15, -0.1) is 0 Å². The summed E-state index contributed by atoms with van der Waals surface area (Å²) < 4.78 is 34.2. The molecule has 2 amide bonds. The molecule has 0 aromatic heterocycles. The Morgan fingerprint density at radius 1 is 1.15 bits per heavy atom. The second kappa shape index (κ2) is 8.22. The summed E-state index contributed by atoms with van der Waals surface area (Å²) in [5.74, 6) is -4.84. The van der Waals surface area contributed by atoms with E-state index in [4.69, 9.17) is 4.74 Å². The molecular weight excluding hydrogens is 434 g/mol. The van der Waals surface area contributed by atoms with Crippen molar-refractivity contribution >= 4 is 17.8 Å². The fourth-order valence-electron chi connectivity index (χ4n) is 4.56. The average molecular weight is 458 g/mol. The van der Waals surface area contributed by atoms with Gasteiger partial charge in [-0.2, -0.15) is 8.78 Å². The smallest absolute Gasteiger partial charge is 0.328 e. The monoisotopic (exact) mass is 458 g/mol. The van der Waals surface area contributed by atoms with Crippen LogP contribution < -0.4 is 5.32 Å². The minimum absolute atomic E-state index is 0.109. The zero-order chi connectivity index (χ0) is 24.0. The predicted molar refractivity (Wildman–Crippen MR) is 115 cm³/mol. The highest BCUT2D eigenvalue weighted by Gasteiger charge is 2.47. The number of likely N-dealkylation sites (tertiary alicyclic amines) is 1. The van der Waals surface area contributed by atoms with Crippen LogP contribution in [-0.4, -0.2) is 60.6 Å². The predicted octanol–water partition coefficient (Wildman–Crippen LogP) is 2.31. The van der Waals surface area contributed by atoms with Gasteiger partial charge in [0, 0.05) is 28.7 Å². The van der Waals surface area contributed by atoms with Crippen LogP contribution in [0.3, 0.4) is 0 Å². The van der Waals surface area contributed by atoms with E-state index in [2.05, 4.69) is 5.32 Å². The number of methoxy groups -OCH3 is 1. The minimum atomic E-state index is -3.14. The first-order valence-corrected chi connectivity index (χ1v) is 10.5. The fraction of sp³-hybridized carbons (Fsp3) is 0.375. The number of aliphatic hydroxyl groups excluding tert-OH is 1. The number of alkyl halides is 2. The van der Waals surface area contributed by atoms with E-state index in [1.54, 1.807) is 25.1 Å². The Labute approximate surface area is 189 Å². The minimum Gasteiger partial charge on any atom is -0.467 e. The lowest BCUT2D eigenvalue weighted by atomic mass is 9.89. The van der Waals surface area contributed by atoms with Crippen molar-refractivity contribution in [2.75, 3.05) is 26.8 Å². The lowest BCUT2D eigenvalue weighted by Crippen LogP contribution is -2.46. The van der Waals surface area contributed by atoms with Crippen LogP contribution in [0.25, 0.3) is 11.1 Å². The second-order valence-corrected chi connectivity index (χ2v) is 8.80. The van der Waals surface area contributed by atoms with Crippen molar-refractivity contribution in [1.29, 1.82) is 0 Å². The summed E-state index contributed by atoms with van der Waals surface area (Å²) in [5.41, 5.74) is -0.152. The van der Waals surface area contributed by atoms with E-state index in [1.165, 1.54) is 36.3 Å². The first-order valence-electron chi connectivity index (χ1n) is 10.5. The molecule has 2 aromatic rings. The molecule has 174 valence electrons. The van der Waals surface area contributed by atoms with Gasteiger partial charge >= 0.3 is 5.97 Å². The van der Waals surface area contributed by atoms with E-state index in [-0.39, 0.29) is 41.8 Å². The Morgan fingerprint density at radius 3 is 2.55 bits per heavy atom. The number of hydrogen-bond donors (Lipinski definition) is 2. The molecule has 2 aliphatic rings. The lowest BCUT2D eigenvalue weighted by Gasteiger charge is -2.24. The van der Waals surface area contributed by atoms with Crippen LogP contribution in [0, 0.1) is 5.41 Å². The van der Waals surface area contributed by atoms with Gasteiger partial charge in [0.05, 0.1) is 20.3 Å². The van der Waals surface area contributed by atoms with Gasteiger partial charge in [-0.25, -0.2) is 4.79 Å². The Kier molecular flexibility index (Phi) is 5.69. The Morgan fingerprint density at radius 2 is 1.85 bits per heavy atom. The van der Waals surface area contributed by atoms with Gasteiger partial charge in [0.2, 0.25) is 5.91 Å². The maximum Gasteiger partial charge on any atom is 0.328 e. The Hall–Kier alpha value is -3.33. The van der Waals surface area contributed by atoms with E-state index >= 15 is 0 Å². The highest BCUT2D eigenvalue weighted by molar-refractivity contribution is 5.99. The van der Waals surface area contributed by atoms with Crippen LogP contribution in [-0.2, 0) is 20.2 Å². The molecule has 1 fully saturated rings. The van der Waals surface area contributed by atoms with Crippen molar-refractivity contribution in [1.82, 2.24) is 10.2 Å². The number of halogens is 2. The normalized spacial score (nSPS) is 22.5. The third-order valence-electron chi connectivity index (χ3n) is 6.37. The highest BCUT2D eigenvalue weighted by atomic mass is 19.3. The summed E-state index contributed by atoms with van der Waals surface area (Å²) in [5, 5.41) is 12.1. The molecule has 1 aliphatic carbocycles. The number of ether oxygens (including phenoxy) is 1. The number of fused-ring (bicyclic) bond motifs is 3. The summed E-state index contributed by atoms with van der Waals surface area (Å²) in [6, 6.07) is 9.21. The molecule has 0 saturated carbocycles. The van der Waals surface area contributed by atoms with E-state index in [0.717, 1.165) is 0 Å². The number of amides is 2. The largest absolute Gasteiger partial charge is 0.467 e. The van der Waals surface area contributed by atoms with Gasteiger partial charge in [0.25, 0.3) is 11.8 Å². The summed E-state index contributed by atoms with van der Waals surface area (Å²) in [6.45, 7) is 1.30. The Bertz CT molecular complexity index is 1140. The molecule has 0 radical (unpaired) electrons. The molecule has 2 atom stereocenters. The van der Waals surface area contributed by atoms with E-state index in [1.807, 2.05) is 0 Å². The summed E-state index contributed by atoms with van der Waals surface area (Å²) in [6.07, 6.45) is 0.244. The van der Waals surface area contributed by atoms with Gasteiger partial charge < -0.3 is 20.1 Å². The van der Waals surface area contributed by atoms with Gasteiger partial charge in [0.1, 0.15) is 6.04 Å². The van der Waals surface area contributed by atoms with Crippen LogP contribution in [0.15, 0.2) is 42.5 Å². The maximum atomic E-state index is 14.7. The quantitative estimate of drug-likeness (QED) is 0.671. The van der Waals surface area contributed by atoms with Crippen LogP contribution in [0.4, 0.5) is 8.78 Å². The second-order valence-electron chi connectivity index (χ2n) is 8.80. The maximum absolute atomic E-state index is 14.7. The molecule has 9 heteroatoms. The van der Waals surface area contributed by atoms with Crippen molar-refractivity contribution in [3.63, 3.8) is 0 Å². The topological polar surface area (TPSA) is 95.9 Å². The Balaban J connectivity index is 1.49. The first-order chi connectivity index (χ1) is 15.6. The fourth-order valence-corrected chi connectivity index (χ4v) is 4.56. The van der Waals surface area contributed by atoms with Crippen molar-refractivity contribution in [3.8, 4) is 11.1 Å². The van der Waals surface area contributed by atoms with Crippen molar-refractivity contribution in [2.24, 2.45) is 5.41 Å². The molecule has 4 rings (SSSR count). The third kappa shape index (κ3) is 3.86. The molecular formula is C24H24F2N2O5. The number of nitrogens with one attached hydrogen (secondary N) is 1. The zero-order valence-electron chi connectivity index (χ0n) is 18.2. The molecule has 0 unspecified atom stereocenters. The van der Waals surface area contributed by atoms with Crippen molar-refractivity contribution in [2.45, 2.75) is 25.3 Å². The summed E-state index contributed by atoms with van der Waals surface area (Å²) >= 11 is 0. The van der Waals surface area contributed by atoms with Gasteiger partial charge in [-0.05, 0) is 29.7 Å². The SMILES string of the molecule is COC(=O)[C@@H]1C[C@](C)(CO)CN1C(=O)CNC(=O)c1ccc2c(c1)-c1ccccc1C2(F)F. The van der Waals surface area contributed by atoms with Crippen LogP contribution >= 0.6 is 0 Å². The molecule has 2 N–H and O–H groups in total. The average Bonchev–Trinajstić information content (AvgIpc) is 3.30. The molecule has 7 nitrogen and oxygen atoms in total. The molecule has 1 aliphatic heterocycles. The number of carbonyl (C=O) groups excluding carboxylic acids is 3. The molecule has 33 heavy (non-hydrogen) atoms. The molecule has 0 bridgehead atoms. The van der Waals surface area contributed by atoms with Crippen molar-refractivity contribution in [3.05, 3.63) is 59.2 Å². The van der Waals surface area contributed by atoms with Gasteiger partial charge in [-0.1, -0.05) is 37.3 Å². The summed E-state index contributed by atoms with van der Waals surface area (Å²) in [4.78, 5) is 38.9.